The van der Waals surface area contributed by atoms with Crippen LogP contribution in [0, 0.1) is 18.3 Å². The van der Waals surface area contributed by atoms with Crippen LogP contribution in [0.1, 0.15) is 23.4 Å². The molecule has 3 N–H and O–H groups in total. The van der Waals surface area contributed by atoms with Crippen molar-refractivity contribution in [2.75, 3.05) is 31.6 Å². The molecular formula is C26H23F5N6O4S. The van der Waals surface area contributed by atoms with Crippen molar-refractivity contribution in [3.8, 4) is 27.8 Å². The van der Waals surface area contributed by atoms with E-state index in [1.807, 2.05) is 0 Å². The number of alkyl halides is 5. The predicted molar refractivity (Wildman–Crippen MR) is 141 cm³/mol. The zero-order valence-electron chi connectivity index (χ0n) is 21.8. The van der Waals surface area contributed by atoms with Crippen LogP contribution >= 0.6 is 11.3 Å². The van der Waals surface area contributed by atoms with E-state index >= 15 is 0 Å². The summed E-state index contributed by atoms with van der Waals surface area (Å²) >= 11 is 1.19. The number of amides is 2. The van der Waals surface area contributed by atoms with Gasteiger partial charge in [0.2, 0.25) is 0 Å². The molecule has 222 valence electrons. The third kappa shape index (κ3) is 7.35. The van der Waals surface area contributed by atoms with E-state index in [0.717, 1.165) is 6.54 Å². The van der Waals surface area contributed by atoms with Crippen molar-refractivity contribution in [2.45, 2.75) is 31.7 Å². The number of likely N-dealkylation sites (tertiary alicyclic amines) is 1. The number of benzene rings is 1. The molecule has 16 heteroatoms. The average molecular weight is 611 g/mol. The summed E-state index contributed by atoms with van der Waals surface area (Å²) in [6.45, 7) is 4.01. The number of anilines is 1. The number of fused-ring (bicyclic) bond motifs is 1. The molecule has 2 aliphatic heterocycles. The minimum atomic E-state index is -5.08. The molecule has 10 nitrogen and oxygen atoms in total. The van der Waals surface area contributed by atoms with E-state index in [9.17, 15) is 32.0 Å². The maximum absolute atomic E-state index is 13.5. The normalized spacial score (nSPS) is 18.1. The Labute approximate surface area is 239 Å². The van der Waals surface area contributed by atoms with Crippen molar-refractivity contribution >= 4 is 28.5 Å². The molecule has 0 saturated carbocycles. The van der Waals surface area contributed by atoms with Gasteiger partial charge in [-0.3, -0.25) is 10.3 Å². The summed E-state index contributed by atoms with van der Waals surface area (Å²) in [5, 5.41) is 23.0. The summed E-state index contributed by atoms with van der Waals surface area (Å²) < 4.78 is 64.4. The molecule has 42 heavy (non-hydrogen) atoms. The number of nitrogens with one attached hydrogen (secondary N) is 2. The van der Waals surface area contributed by atoms with Crippen molar-refractivity contribution in [1.82, 2.24) is 20.2 Å². The van der Waals surface area contributed by atoms with Crippen molar-refractivity contribution in [1.29, 1.82) is 5.26 Å². The van der Waals surface area contributed by atoms with E-state index in [1.165, 1.54) is 17.4 Å². The molecule has 2 saturated heterocycles. The van der Waals surface area contributed by atoms with Gasteiger partial charge < -0.3 is 20.1 Å². The molecule has 0 unspecified atom stereocenters. The van der Waals surface area contributed by atoms with E-state index < -0.39 is 18.6 Å². The van der Waals surface area contributed by atoms with Crippen LogP contribution in [0.25, 0.3) is 21.7 Å². The Bertz CT molecular complexity index is 1500. The molecule has 1 aromatic carbocycles. The number of aryl methyl sites for hydroxylation is 1. The number of rotatable bonds is 4. The van der Waals surface area contributed by atoms with Gasteiger partial charge in [-0.1, -0.05) is 23.5 Å². The molecule has 0 spiro atoms. The van der Waals surface area contributed by atoms with Gasteiger partial charge in [0, 0.05) is 24.3 Å². The predicted octanol–water partition coefficient (Wildman–Crippen LogP) is 4.83. The summed E-state index contributed by atoms with van der Waals surface area (Å²) in [5.74, 6) is -2.76. The number of morpholine rings is 1. The van der Waals surface area contributed by atoms with E-state index in [2.05, 4.69) is 26.7 Å². The molecule has 2 atom stereocenters. The van der Waals surface area contributed by atoms with Crippen LogP contribution in [0.3, 0.4) is 0 Å². The van der Waals surface area contributed by atoms with Gasteiger partial charge in [-0.05, 0) is 36.8 Å². The van der Waals surface area contributed by atoms with E-state index in [0.29, 0.717) is 57.8 Å². The minimum absolute atomic E-state index is 0.0433. The zero-order chi connectivity index (χ0) is 30.6. The highest BCUT2D eigenvalue weighted by Crippen LogP contribution is 2.40. The largest absolute Gasteiger partial charge is 0.490 e. The van der Waals surface area contributed by atoms with Gasteiger partial charge in [0.25, 0.3) is 6.43 Å². The fourth-order valence-corrected chi connectivity index (χ4v) is 5.33. The number of hydrogen-bond acceptors (Lipinski definition) is 8. The van der Waals surface area contributed by atoms with Crippen LogP contribution in [0.5, 0.6) is 0 Å². The van der Waals surface area contributed by atoms with Crippen LogP contribution in [0.2, 0.25) is 0 Å². The zero-order valence-corrected chi connectivity index (χ0v) is 22.6. The minimum Gasteiger partial charge on any atom is -0.475 e. The fraction of sp³-hybridized carbons (Fsp3) is 0.346. The number of nitrogens with zero attached hydrogens (tertiary/aromatic N) is 4. The van der Waals surface area contributed by atoms with Crippen molar-refractivity contribution in [3.05, 3.63) is 53.3 Å². The van der Waals surface area contributed by atoms with Crippen LogP contribution in [-0.4, -0.2) is 76.5 Å². The number of aromatic nitrogens is 2. The first-order valence-corrected chi connectivity index (χ1v) is 13.2. The number of thiazole rings is 1. The number of hydrogen-bond donors (Lipinski definition) is 3. The quantitative estimate of drug-likeness (QED) is 0.357. The number of ether oxygens (including phenoxy) is 1. The van der Waals surface area contributed by atoms with Gasteiger partial charge in [0.1, 0.15) is 5.69 Å². The number of carboxylic acid groups (broad SMARTS) is 1. The lowest BCUT2D eigenvalue weighted by molar-refractivity contribution is -0.192. The second-order valence-electron chi connectivity index (χ2n) is 9.22. The Morgan fingerprint density at radius 2 is 1.95 bits per heavy atom. The van der Waals surface area contributed by atoms with E-state index in [4.69, 9.17) is 14.6 Å². The molecule has 2 aliphatic rings. The maximum atomic E-state index is 13.5. The molecule has 5 rings (SSSR count). The molecule has 0 radical (unpaired) electrons. The Morgan fingerprint density at radius 3 is 2.60 bits per heavy atom. The summed E-state index contributed by atoms with van der Waals surface area (Å²) in [7, 11) is 0. The molecule has 0 bridgehead atoms. The van der Waals surface area contributed by atoms with Gasteiger partial charge in [0.15, 0.2) is 5.13 Å². The summed E-state index contributed by atoms with van der Waals surface area (Å²) in [5.41, 5.74) is 2.22. The van der Waals surface area contributed by atoms with Crippen molar-refractivity contribution in [3.63, 3.8) is 0 Å². The lowest BCUT2D eigenvalue weighted by Crippen LogP contribution is -2.47. The molecule has 2 amide bonds. The number of urea groups is 1. The fourth-order valence-electron chi connectivity index (χ4n) is 4.37. The molecule has 4 heterocycles. The molecule has 3 aromatic rings. The van der Waals surface area contributed by atoms with Gasteiger partial charge in [0.05, 0.1) is 47.5 Å². The number of halogens is 5. The lowest BCUT2D eigenvalue weighted by atomic mass is 10.0. The third-order valence-corrected chi connectivity index (χ3v) is 7.22. The molecular weight excluding hydrogens is 587 g/mol. The average Bonchev–Trinajstić information content (AvgIpc) is 3.57. The first kappa shape index (κ1) is 30.8. The molecule has 2 aromatic heterocycles. The van der Waals surface area contributed by atoms with Crippen molar-refractivity contribution < 1.29 is 41.4 Å². The van der Waals surface area contributed by atoms with E-state index in [1.54, 1.807) is 42.2 Å². The first-order chi connectivity index (χ1) is 19.8. The Balaban J connectivity index is 0.000000517. The summed E-state index contributed by atoms with van der Waals surface area (Å²) in [6, 6.07) is 11.8. The highest BCUT2D eigenvalue weighted by atomic mass is 32.1. The summed E-state index contributed by atoms with van der Waals surface area (Å²) in [6.07, 6.45) is -7.85. The van der Waals surface area contributed by atoms with Gasteiger partial charge >= 0.3 is 18.2 Å². The van der Waals surface area contributed by atoms with Gasteiger partial charge in [-0.15, -0.1) is 0 Å². The summed E-state index contributed by atoms with van der Waals surface area (Å²) in [4.78, 5) is 32.7. The Morgan fingerprint density at radius 1 is 1.21 bits per heavy atom. The number of carbonyl (C=O) groups excluding carboxylic acids is 1. The number of pyridine rings is 1. The maximum Gasteiger partial charge on any atom is 0.490 e. The Hall–Kier alpha value is -4.20. The van der Waals surface area contributed by atoms with Gasteiger partial charge in [-0.2, -0.15) is 18.4 Å². The van der Waals surface area contributed by atoms with Crippen LogP contribution in [0.4, 0.5) is 31.9 Å². The number of carbonyl (C=O) groups is 2. The third-order valence-electron chi connectivity index (χ3n) is 6.20. The second-order valence-corrected chi connectivity index (χ2v) is 10.2. The van der Waals surface area contributed by atoms with Gasteiger partial charge in [-0.25, -0.2) is 23.4 Å². The van der Waals surface area contributed by atoms with Crippen LogP contribution in [0.15, 0.2) is 36.4 Å². The highest BCUT2D eigenvalue weighted by Gasteiger charge is 2.39. The standard InChI is InChI=1S/C24H22F2N6O2S.C2HF3O2/c1-13-7-16(9-17(29-13)22(25)26)21-20(15-4-2-3-14(8-15)10-27)30-23(35-21)31-24(33)32-11-18-19(12-32)34-6-5-28-18;3-2(4,5)1(6)7/h2-4,7-9,18-19,22,28H,5-6,11-12H2,1H3,(H,30,31,33);(H,6,7)/t18-,19+;/m0./s1. The number of aliphatic carboxylic acids is 1. The monoisotopic (exact) mass is 610 g/mol. The topological polar surface area (TPSA) is 140 Å². The lowest BCUT2D eigenvalue weighted by Gasteiger charge is -2.25. The van der Waals surface area contributed by atoms with Crippen LogP contribution < -0.4 is 10.6 Å². The van der Waals surface area contributed by atoms with E-state index in [-0.39, 0.29) is 23.9 Å². The number of carboxylic acids is 1. The highest BCUT2D eigenvalue weighted by molar-refractivity contribution is 7.19. The SMILES string of the molecule is Cc1cc(-c2sc(NC(=O)N3C[C@@H]4NCCO[C@@H]4C3)nc2-c2cccc(C#N)c2)cc(C(F)F)n1.O=C(O)C(F)(F)F. The number of nitriles is 1. The Kier molecular flexibility index (Phi) is 9.34. The molecule has 2 fully saturated rings. The van der Waals surface area contributed by atoms with Crippen molar-refractivity contribution in [2.24, 2.45) is 0 Å². The van der Waals surface area contributed by atoms with Crippen LogP contribution in [-0.2, 0) is 9.53 Å². The first-order valence-electron chi connectivity index (χ1n) is 12.3. The second kappa shape index (κ2) is 12.8. The molecule has 0 aliphatic carbocycles. The smallest absolute Gasteiger partial charge is 0.475 e.